The highest BCUT2D eigenvalue weighted by Gasteiger charge is 2.98. The maximum absolute atomic E-state index is 13.7. The fourth-order valence-corrected chi connectivity index (χ4v) is 2.80. The van der Waals surface area contributed by atoms with E-state index < -0.39 is 107 Å². The van der Waals surface area contributed by atoms with Crippen molar-refractivity contribution >= 4 is 11.9 Å². The number of halogens is 34. The summed E-state index contributed by atoms with van der Waals surface area (Å²) in [5, 5.41) is 0. The number of ether oxygens (including phenoxy) is 1. The van der Waals surface area contributed by atoms with Crippen LogP contribution < -0.4 is 0 Å². The number of carbonyl (C=O) groups is 2. The topological polar surface area (TPSA) is 43.4 Å². The first-order valence-electron chi connectivity index (χ1n) is 11.2. The maximum Gasteiger partial charge on any atom is 0.460 e. The van der Waals surface area contributed by atoms with Crippen molar-refractivity contribution in [2.24, 2.45) is 0 Å². The summed E-state index contributed by atoms with van der Waals surface area (Å²) in [4.78, 5) is 21.9. The molecule has 0 aliphatic heterocycles. The van der Waals surface area contributed by atoms with Gasteiger partial charge in [0.1, 0.15) is 0 Å². The third kappa shape index (κ3) is 6.27. The van der Waals surface area contributed by atoms with E-state index in [2.05, 4.69) is 0 Å². The molecule has 0 aliphatic rings. The molecule has 0 aromatic carbocycles. The molecule has 0 spiro atoms. The van der Waals surface area contributed by atoms with Crippen molar-refractivity contribution in [2.75, 3.05) is 0 Å². The Labute approximate surface area is 272 Å². The number of rotatable bonds is 14. The SMILES string of the molecule is O=C(OC(=O)C(F)(F)C(F)(F)C(F)(F)C(F)(F)C(F)(F)C(F)(F)C(F)(F)C(F)(F)C(F)(F)F)C(F)(F)C(F)(F)C(F)(F)C(F)(F)C(F)(F)C(F)(F)C(F)(F)F. The number of carbonyl (C=O) groups excluding carboxylic acids is 2. The summed E-state index contributed by atoms with van der Waals surface area (Å²) in [6.45, 7) is 0. The van der Waals surface area contributed by atoms with E-state index in [1.807, 2.05) is 0 Å². The summed E-state index contributed by atoms with van der Waals surface area (Å²) in [5.41, 5.74) is 0. The minimum Gasteiger partial charge on any atom is -0.384 e. The van der Waals surface area contributed by atoms with Crippen molar-refractivity contribution in [3.63, 3.8) is 0 Å². The van der Waals surface area contributed by atoms with Gasteiger partial charge in [0.25, 0.3) is 0 Å². The summed E-state index contributed by atoms with van der Waals surface area (Å²) < 4.78 is 449. The van der Waals surface area contributed by atoms with E-state index in [1.54, 1.807) is 0 Å². The number of hydrogen-bond acceptors (Lipinski definition) is 3. The van der Waals surface area contributed by atoms with E-state index in [0.717, 1.165) is 0 Å². The van der Waals surface area contributed by atoms with Crippen LogP contribution in [0.4, 0.5) is 149 Å². The van der Waals surface area contributed by atoms with Gasteiger partial charge in [0.2, 0.25) is 0 Å². The Morgan fingerprint density at radius 2 is 0.345 bits per heavy atom. The van der Waals surface area contributed by atoms with Gasteiger partial charge in [-0.05, 0) is 0 Å². The van der Waals surface area contributed by atoms with E-state index in [1.165, 1.54) is 4.74 Å². The van der Waals surface area contributed by atoms with E-state index in [0.29, 0.717) is 0 Å². The second kappa shape index (κ2) is 12.6. The molecule has 0 rings (SSSR count). The molecule has 55 heavy (non-hydrogen) atoms. The van der Waals surface area contributed by atoms with Gasteiger partial charge in [0.15, 0.2) is 0 Å². The van der Waals surface area contributed by atoms with Crippen LogP contribution in [0.1, 0.15) is 0 Å². The molecule has 0 fully saturated rings. The largest absolute Gasteiger partial charge is 0.460 e. The molecule has 0 amide bonds. The van der Waals surface area contributed by atoms with E-state index in [-0.39, 0.29) is 0 Å². The van der Waals surface area contributed by atoms with E-state index >= 15 is 0 Å². The molecule has 0 aliphatic carbocycles. The molecule has 37 heteroatoms. The molecule has 0 heterocycles. The van der Waals surface area contributed by atoms with Gasteiger partial charge in [0.05, 0.1) is 0 Å². The van der Waals surface area contributed by atoms with Gasteiger partial charge in [0, 0.05) is 0 Å². The van der Waals surface area contributed by atoms with Crippen molar-refractivity contribution in [1.82, 2.24) is 0 Å². The second-order valence-corrected chi connectivity index (χ2v) is 9.71. The molecule has 0 unspecified atom stereocenters. The van der Waals surface area contributed by atoms with Gasteiger partial charge in [-0.3, -0.25) is 0 Å². The van der Waals surface area contributed by atoms with Crippen molar-refractivity contribution < 1.29 is 164 Å². The Hall–Kier alpha value is -3.24. The minimum absolute atomic E-state index is 1.37. The van der Waals surface area contributed by atoms with Crippen LogP contribution in [0.3, 0.4) is 0 Å². The van der Waals surface area contributed by atoms with Crippen LogP contribution in [0.15, 0.2) is 0 Å². The van der Waals surface area contributed by atoms with Crippen molar-refractivity contribution in [3.05, 3.63) is 0 Å². The summed E-state index contributed by atoms with van der Waals surface area (Å²) >= 11 is 0. The lowest BCUT2D eigenvalue weighted by Crippen LogP contribution is -2.76. The monoisotopic (exact) mass is 910 g/mol. The third-order valence-corrected chi connectivity index (χ3v) is 6.14. The lowest BCUT2D eigenvalue weighted by Gasteiger charge is -2.43. The van der Waals surface area contributed by atoms with E-state index in [9.17, 15) is 159 Å². The molecule has 0 radical (unpaired) electrons. The average Bonchev–Trinajstić information content (AvgIpc) is 2.94. The molecule has 0 saturated carbocycles. The standard InChI is InChI=1S/C18F34O3/c19-3(20,5(23,24)7(27,28)9(31,32)11(35,36)12(37,38)14(41,42)16(45,46)18(50,51)52)1(53)55-2(54)4(21,22)6(25,26)8(29,30)10(33,34)13(39,40)15(43,44)17(47,48)49. The fraction of sp³-hybridized carbons (Fsp3) is 0.889. The van der Waals surface area contributed by atoms with Gasteiger partial charge >= 0.3 is 107 Å². The third-order valence-electron chi connectivity index (χ3n) is 6.14. The summed E-state index contributed by atoms with van der Waals surface area (Å²) in [6, 6.07) is 0. The summed E-state index contributed by atoms with van der Waals surface area (Å²) in [6.07, 6.45) is -16.6. The fourth-order valence-electron chi connectivity index (χ4n) is 2.80. The smallest absolute Gasteiger partial charge is 0.384 e. The normalized spacial score (nSPS) is 16.7. The highest BCUT2D eigenvalue weighted by Crippen LogP contribution is 2.66. The maximum atomic E-state index is 13.7. The molecule has 0 aromatic rings. The van der Waals surface area contributed by atoms with Crippen LogP contribution in [0.5, 0.6) is 0 Å². The van der Waals surface area contributed by atoms with Gasteiger partial charge in [-0.25, -0.2) is 9.59 Å². The van der Waals surface area contributed by atoms with Crippen LogP contribution in [0.2, 0.25) is 0 Å². The van der Waals surface area contributed by atoms with Crippen molar-refractivity contribution in [1.29, 1.82) is 0 Å². The Morgan fingerprint density at radius 1 is 0.218 bits per heavy atom. The Balaban J connectivity index is 7.19. The quantitative estimate of drug-likeness (QED) is 0.0991. The van der Waals surface area contributed by atoms with Gasteiger partial charge in [-0.15, -0.1) is 0 Å². The Bertz CT molecular complexity index is 1460. The Morgan fingerprint density at radius 3 is 0.491 bits per heavy atom. The lowest BCUT2D eigenvalue weighted by molar-refractivity contribution is -0.467. The first kappa shape index (κ1) is 51.8. The van der Waals surface area contributed by atoms with E-state index in [4.69, 9.17) is 0 Å². The molecule has 0 aromatic heterocycles. The first-order chi connectivity index (χ1) is 23.0. The van der Waals surface area contributed by atoms with Gasteiger partial charge < -0.3 is 4.74 Å². The van der Waals surface area contributed by atoms with Crippen LogP contribution in [0, 0.1) is 0 Å². The zero-order valence-electron chi connectivity index (χ0n) is 23.1. The van der Waals surface area contributed by atoms with Crippen LogP contribution in [-0.4, -0.2) is 107 Å². The van der Waals surface area contributed by atoms with Gasteiger partial charge in [-0.1, -0.05) is 0 Å². The average molecular weight is 910 g/mol. The molecule has 0 atom stereocenters. The van der Waals surface area contributed by atoms with Crippen LogP contribution >= 0.6 is 0 Å². The molecule has 3 nitrogen and oxygen atoms in total. The number of hydrogen-bond donors (Lipinski definition) is 0. The predicted molar refractivity (Wildman–Crippen MR) is 92.5 cm³/mol. The van der Waals surface area contributed by atoms with Crippen LogP contribution in [-0.2, 0) is 14.3 Å². The molecule has 0 saturated heterocycles. The first-order valence-corrected chi connectivity index (χ1v) is 11.2. The highest BCUT2D eigenvalue weighted by molar-refractivity contribution is 5.93. The summed E-state index contributed by atoms with van der Waals surface area (Å²) in [7, 11) is 0. The van der Waals surface area contributed by atoms with Crippen LogP contribution in [0.25, 0.3) is 0 Å². The molecule has 0 bridgehead atoms. The zero-order valence-corrected chi connectivity index (χ0v) is 23.1. The minimum atomic E-state index is -9.76. The van der Waals surface area contributed by atoms with Gasteiger partial charge in [-0.2, -0.15) is 149 Å². The lowest BCUT2D eigenvalue weighted by atomic mass is 9.87. The predicted octanol–water partition coefficient (Wildman–Crippen LogP) is 10.1. The molecular weight excluding hydrogens is 910 g/mol. The highest BCUT2D eigenvalue weighted by atomic mass is 19.4. The molecule has 328 valence electrons. The zero-order chi connectivity index (χ0) is 45.9. The molecular formula is C18F34O3. The number of esters is 2. The second-order valence-electron chi connectivity index (χ2n) is 9.71. The molecule has 0 N–H and O–H groups in total. The van der Waals surface area contributed by atoms with Crippen molar-refractivity contribution in [2.45, 2.75) is 95.3 Å². The number of alkyl halides is 34. The Kier molecular flexibility index (Phi) is 11.9. The van der Waals surface area contributed by atoms with Crippen molar-refractivity contribution in [3.8, 4) is 0 Å². The summed E-state index contributed by atoms with van der Waals surface area (Å²) in [5.74, 6) is -141.